The number of methoxy groups -OCH3 is 1. The fraction of sp³-hybridized carbons (Fsp3) is 0.182. The van der Waals surface area contributed by atoms with E-state index in [-0.39, 0.29) is 5.69 Å². The number of hydrogen-bond acceptors (Lipinski definition) is 4. The minimum Gasteiger partial charge on any atom is -0.496 e. The maximum atomic E-state index is 11.1. The van der Waals surface area contributed by atoms with Gasteiger partial charge in [0.1, 0.15) is 11.4 Å². The molecule has 0 aliphatic rings. The van der Waals surface area contributed by atoms with Gasteiger partial charge in [-0.3, -0.25) is 0 Å². The zero-order valence-electron chi connectivity index (χ0n) is 9.41. The summed E-state index contributed by atoms with van der Waals surface area (Å²) < 4.78 is 5.17. The molecule has 0 fully saturated rings. The maximum absolute atomic E-state index is 11.1. The van der Waals surface area contributed by atoms with Crippen molar-refractivity contribution < 1.29 is 14.6 Å². The summed E-state index contributed by atoms with van der Waals surface area (Å²) in [6, 6.07) is 7.09. The van der Waals surface area contributed by atoms with Crippen molar-refractivity contribution in [1.29, 1.82) is 0 Å². The summed E-state index contributed by atoms with van der Waals surface area (Å²) in [6.07, 6.45) is 0. The van der Waals surface area contributed by atoms with Gasteiger partial charge in [0.15, 0.2) is 5.69 Å². The van der Waals surface area contributed by atoms with E-state index in [1.807, 2.05) is 0 Å². The number of ether oxygens (including phenoxy) is 1. The normalized spacial score (nSPS) is 10.2. The number of nitrogens with zero attached hydrogens (tertiary/aromatic N) is 3. The molecule has 1 aromatic carbocycles. The highest BCUT2D eigenvalue weighted by Gasteiger charge is 2.20. The lowest BCUT2D eigenvalue weighted by molar-refractivity contribution is 0.0690. The molecule has 0 unspecified atom stereocenters. The second-order valence-corrected chi connectivity index (χ2v) is 3.39. The third-order valence-corrected chi connectivity index (χ3v) is 2.28. The molecule has 0 spiro atoms. The number of carboxylic acids is 1. The standard InChI is InChI=1S/C11H11N3O3/c1-14-12-9(10(13-14)11(15)16)7-5-3-4-6-8(7)17-2/h3-6H,1-2H3,(H,15,16). The van der Waals surface area contributed by atoms with Crippen LogP contribution in [0.2, 0.25) is 0 Å². The second-order valence-electron chi connectivity index (χ2n) is 3.39. The molecule has 1 aromatic heterocycles. The molecule has 0 radical (unpaired) electrons. The Bertz CT molecular complexity index is 563. The van der Waals surface area contributed by atoms with Crippen LogP contribution in [0.4, 0.5) is 0 Å². The number of rotatable bonds is 3. The van der Waals surface area contributed by atoms with E-state index in [9.17, 15) is 4.79 Å². The van der Waals surface area contributed by atoms with Gasteiger partial charge >= 0.3 is 5.97 Å². The smallest absolute Gasteiger partial charge is 0.358 e. The van der Waals surface area contributed by atoms with E-state index < -0.39 is 5.97 Å². The molecule has 0 bridgehead atoms. The molecule has 0 aliphatic carbocycles. The molecule has 6 nitrogen and oxygen atoms in total. The zero-order chi connectivity index (χ0) is 12.4. The second kappa shape index (κ2) is 4.25. The Morgan fingerprint density at radius 1 is 1.35 bits per heavy atom. The molecule has 0 saturated heterocycles. The van der Waals surface area contributed by atoms with Gasteiger partial charge in [-0.05, 0) is 12.1 Å². The van der Waals surface area contributed by atoms with Crippen LogP contribution in [0, 0.1) is 0 Å². The van der Waals surface area contributed by atoms with Gasteiger partial charge in [-0.2, -0.15) is 9.90 Å². The van der Waals surface area contributed by atoms with Crippen molar-refractivity contribution in [1.82, 2.24) is 15.0 Å². The van der Waals surface area contributed by atoms with Crippen LogP contribution in [-0.4, -0.2) is 33.2 Å². The highest BCUT2D eigenvalue weighted by Crippen LogP contribution is 2.29. The van der Waals surface area contributed by atoms with E-state index in [1.54, 1.807) is 31.3 Å². The van der Waals surface area contributed by atoms with Crippen LogP contribution in [0.25, 0.3) is 11.3 Å². The predicted octanol–water partition coefficient (Wildman–Crippen LogP) is 1.19. The highest BCUT2D eigenvalue weighted by molar-refractivity contribution is 5.93. The first kappa shape index (κ1) is 11.1. The quantitative estimate of drug-likeness (QED) is 0.861. The number of aromatic nitrogens is 3. The lowest BCUT2D eigenvalue weighted by atomic mass is 10.1. The largest absolute Gasteiger partial charge is 0.496 e. The molecule has 1 N–H and O–H groups in total. The van der Waals surface area contributed by atoms with Crippen molar-refractivity contribution in [3.05, 3.63) is 30.0 Å². The van der Waals surface area contributed by atoms with Gasteiger partial charge in [-0.25, -0.2) is 4.79 Å². The molecule has 0 amide bonds. The van der Waals surface area contributed by atoms with Crippen LogP contribution in [-0.2, 0) is 7.05 Å². The minimum atomic E-state index is -1.11. The van der Waals surface area contributed by atoms with Crippen LogP contribution < -0.4 is 4.74 Å². The molecule has 2 aromatic rings. The van der Waals surface area contributed by atoms with Gasteiger partial charge in [0.05, 0.1) is 7.11 Å². The molecule has 1 heterocycles. The topological polar surface area (TPSA) is 77.2 Å². The number of benzene rings is 1. The Kier molecular flexibility index (Phi) is 2.78. The van der Waals surface area contributed by atoms with E-state index >= 15 is 0 Å². The predicted molar refractivity (Wildman–Crippen MR) is 60.0 cm³/mol. The number of aromatic carboxylic acids is 1. The SMILES string of the molecule is COc1ccccc1-c1nn(C)nc1C(=O)O. The number of aryl methyl sites for hydroxylation is 1. The van der Waals surface area contributed by atoms with Gasteiger partial charge in [-0.1, -0.05) is 12.1 Å². The van der Waals surface area contributed by atoms with Crippen molar-refractivity contribution >= 4 is 5.97 Å². The Hall–Kier alpha value is -2.37. The van der Waals surface area contributed by atoms with Crippen molar-refractivity contribution in [3.63, 3.8) is 0 Å². The number of carboxylic acid groups (broad SMARTS) is 1. The van der Waals surface area contributed by atoms with Crippen LogP contribution >= 0.6 is 0 Å². The summed E-state index contributed by atoms with van der Waals surface area (Å²) in [5.41, 5.74) is 0.829. The third kappa shape index (κ3) is 1.96. The first-order chi connectivity index (χ1) is 8.13. The van der Waals surface area contributed by atoms with Crippen LogP contribution in [0.3, 0.4) is 0 Å². The molecule has 0 aliphatic heterocycles. The Balaban J connectivity index is 2.63. The summed E-state index contributed by atoms with van der Waals surface area (Å²) in [7, 11) is 3.10. The van der Waals surface area contributed by atoms with Gasteiger partial charge in [-0.15, -0.1) is 5.10 Å². The van der Waals surface area contributed by atoms with Crippen molar-refractivity contribution in [2.75, 3.05) is 7.11 Å². The van der Waals surface area contributed by atoms with Gasteiger partial charge in [0, 0.05) is 12.6 Å². The van der Waals surface area contributed by atoms with Crippen LogP contribution in [0.5, 0.6) is 5.75 Å². The van der Waals surface area contributed by atoms with E-state index in [1.165, 1.54) is 11.9 Å². The fourth-order valence-corrected chi connectivity index (χ4v) is 1.57. The zero-order valence-corrected chi connectivity index (χ0v) is 9.41. The highest BCUT2D eigenvalue weighted by atomic mass is 16.5. The Labute approximate surface area is 97.4 Å². The molecular weight excluding hydrogens is 222 g/mol. The summed E-state index contributed by atoms with van der Waals surface area (Å²) in [6.45, 7) is 0. The van der Waals surface area contributed by atoms with Crippen LogP contribution in [0.15, 0.2) is 24.3 Å². The van der Waals surface area contributed by atoms with Gasteiger partial charge in [0.2, 0.25) is 0 Å². The molecule has 6 heteroatoms. The first-order valence-corrected chi connectivity index (χ1v) is 4.91. The van der Waals surface area contributed by atoms with Gasteiger partial charge in [0.25, 0.3) is 0 Å². The molecule has 17 heavy (non-hydrogen) atoms. The lowest BCUT2D eigenvalue weighted by Gasteiger charge is -2.05. The Morgan fingerprint density at radius 3 is 2.71 bits per heavy atom. The fourth-order valence-electron chi connectivity index (χ4n) is 1.57. The monoisotopic (exact) mass is 233 g/mol. The average Bonchev–Trinajstić information content (AvgIpc) is 2.71. The third-order valence-electron chi connectivity index (χ3n) is 2.28. The molecular formula is C11H11N3O3. The van der Waals surface area contributed by atoms with E-state index in [0.717, 1.165) is 0 Å². The van der Waals surface area contributed by atoms with Gasteiger partial charge < -0.3 is 9.84 Å². The van der Waals surface area contributed by atoms with E-state index in [4.69, 9.17) is 9.84 Å². The van der Waals surface area contributed by atoms with Crippen molar-refractivity contribution in [3.8, 4) is 17.0 Å². The van der Waals surface area contributed by atoms with Crippen molar-refractivity contribution in [2.24, 2.45) is 7.05 Å². The molecule has 88 valence electrons. The molecule has 0 saturated carbocycles. The van der Waals surface area contributed by atoms with E-state index in [0.29, 0.717) is 17.0 Å². The van der Waals surface area contributed by atoms with E-state index in [2.05, 4.69) is 10.2 Å². The maximum Gasteiger partial charge on any atom is 0.358 e. The molecule has 2 rings (SSSR count). The average molecular weight is 233 g/mol. The summed E-state index contributed by atoms with van der Waals surface area (Å²) in [5.74, 6) is -0.547. The summed E-state index contributed by atoms with van der Waals surface area (Å²) in [4.78, 5) is 12.3. The summed E-state index contributed by atoms with van der Waals surface area (Å²) >= 11 is 0. The summed E-state index contributed by atoms with van der Waals surface area (Å²) in [5, 5.41) is 16.9. The molecule has 0 atom stereocenters. The van der Waals surface area contributed by atoms with Crippen molar-refractivity contribution in [2.45, 2.75) is 0 Å². The number of para-hydroxylation sites is 1. The minimum absolute atomic E-state index is 0.0861. The Morgan fingerprint density at radius 2 is 2.06 bits per heavy atom. The number of carbonyl (C=O) groups is 1. The van der Waals surface area contributed by atoms with Crippen LogP contribution in [0.1, 0.15) is 10.5 Å². The first-order valence-electron chi connectivity index (χ1n) is 4.91. The number of hydrogen-bond donors (Lipinski definition) is 1. The lowest BCUT2D eigenvalue weighted by Crippen LogP contribution is -2.01.